The number of nitrogens with zero attached hydrogens (tertiary/aromatic N) is 2. The average Bonchev–Trinajstić information content (AvgIpc) is 3.15. The zero-order chi connectivity index (χ0) is 17.8. The van der Waals surface area contributed by atoms with Gasteiger partial charge in [-0.25, -0.2) is 0 Å². The Labute approximate surface area is 149 Å². The molecule has 136 valence electrons. The van der Waals surface area contributed by atoms with Crippen molar-refractivity contribution in [2.45, 2.75) is 39.7 Å². The van der Waals surface area contributed by atoms with Gasteiger partial charge in [0.15, 0.2) is 0 Å². The summed E-state index contributed by atoms with van der Waals surface area (Å²) in [5.74, 6) is 0.00173. The normalized spacial score (nSPS) is 23.5. The number of aromatic nitrogens is 1. The first-order chi connectivity index (χ1) is 12.0. The molecule has 1 aromatic rings. The lowest BCUT2D eigenvalue weighted by Gasteiger charge is -2.31. The Morgan fingerprint density at radius 2 is 1.96 bits per heavy atom. The number of rotatable bonds is 4. The van der Waals surface area contributed by atoms with Crippen molar-refractivity contribution in [1.82, 2.24) is 20.5 Å². The highest BCUT2D eigenvalue weighted by Gasteiger charge is 2.33. The van der Waals surface area contributed by atoms with Crippen LogP contribution >= 0.6 is 0 Å². The van der Waals surface area contributed by atoms with Gasteiger partial charge in [0.05, 0.1) is 11.8 Å². The number of hydrogen-bond acceptors (Lipinski definition) is 4. The van der Waals surface area contributed by atoms with Gasteiger partial charge in [0, 0.05) is 44.6 Å². The maximum atomic E-state index is 12.6. The van der Waals surface area contributed by atoms with Gasteiger partial charge in [-0.2, -0.15) is 0 Å². The molecule has 3 rings (SSSR count). The fraction of sp³-hybridized carbons (Fsp3) is 0.632. The highest BCUT2D eigenvalue weighted by Crippen LogP contribution is 2.21. The molecule has 0 bridgehead atoms. The van der Waals surface area contributed by atoms with Gasteiger partial charge in [-0.3, -0.25) is 14.6 Å². The molecule has 25 heavy (non-hydrogen) atoms. The van der Waals surface area contributed by atoms with Crippen LogP contribution in [0.4, 0.5) is 0 Å². The molecule has 0 aromatic carbocycles. The molecule has 0 aliphatic carbocycles. The van der Waals surface area contributed by atoms with Crippen molar-refractivity contribution in [2.75, 3.05) is 26.2 Å². The van der Waals surface area contributed by atoms with Crippen LogP contribution in [0.5, 0.6) is 0 Å². The molecule has 0 spiro atoms. The van der Waals surface area contributed by atoms with Crippen LogP contribution in [-0.4, -0.2) is 47.9 Å². The molecule has 2 N–H and O–H groups in total. The van der Waals surface area contributed by atoms with Gasteiger partial charge in [0.25, 0.3) is 0 Å². The van der Waals surface area contributed by atoms with Crippen molar-refractivity contribution in [3.63, 3.8) is 0 Å². The molecule has 2 fully saturated rings. The van der Waals surface area contributed by atoms with E-state index in [9.17, 15) is 9.59 Å². The Kier molecular flexibility index (Phi) is 5.68. The molecule has 1 aromatic heterocycles. The molecule has 6 nitrogen and oxygen atoms in total. The number of carbonyl (C=O) groups is 2. The smallest absolute Gasteiger partial charge is 0.226 e. The first-order valence-corrected chi connectivity index (χ1v) is 9.24. The molecule has 3 heterocycles. The second-order valence-corrected chi connectivity index (χ2v) is 7.29. The minimum absolute atomic E-state index is 0.0198. The Hall–Kier alpha value is -1.95. The van der Waals surface area contributed by atoms with Crippen molar-refractivity contribution >= 4 is 11.8 Å². The summed E-state index contributed by atoms with van der Waals surface area (Å²) in [6.45, 7) is 7.53. The Morgan fingerprint density at radius 3 is 2.68 bits per heavy atom. The maximum absolute atomic E-state index is 12.6. The van der Waals surface area contributed by atoms with Crippen LogP contribution in [-0.2, 0) is 16.1 Å². The summed E-state index contributed by atoms with van der Waals surface area (Å²) in [4.78, 5) is 31.4. The molecule has 2 aliphatic heterocycles. The van der Waals surface area contributed by atoms with Gasteiger partial charge in [-0.15, -0.1) is 0 Å². The molecule has 0 radical (unpaired) electrons. The molecule has 0 saturated carbocycles. The van der Waals surface area contributed by atoms with E-state index in [1.54, 1.807) is 0 Å². The van der Waals surface area contributed by atoms with Crippen molar-refractivity contribution in [2.24, 2.45) is 11.8 Å². The fourth-order valence-electron chi connectivity index (χ4n) is 3.76. The van der Waals surface area contributed by atoms with E-state index in [0.29, 0.717) is 26.1 Å². The van der Waals surface area contributed by atoms with E-state index in [1.807, 2.05) is 31.0 Å². The van der Waals surface area contributed by atoms with E-state index in [-0.39, 0.29) is 23.7 Å². The lowest BCUT2D eigenvalue weighted by atomic mass is 9.89. The van der Waals surface area contributed by atoms with E-state index in [0.717, 1.165) is 42.8 Å². The summed E-state index contributed by atoms with van der Waals surface area (Å²) >= 11 is 0. The summed E-state index contributed by atoms with van der Waals surface area (Å²) in [5, 5.41) is 6.28. The lowest BCUT2D eigenvalue weighted by molar-refractivity contribution is -0.136. The summed E-state index contributed by atoms with van der Waals surface area (Å²) in [6, 6.07) is 2.02. The third-order valence-electron chi connectivity index (χ3n) is 5.30. The van der Waals surface area contributed by atoms with Crippen LogP contribution in [0.2, 0.25) is 0 Å². The molecule has 2 atom stereocenters. The van der Waals surface area contributed by atoms with Gasteiger partial charge in [-0.1, -0.05) is 0 Å². The first-order valence-electron chi connectivity index (χ1n) is 9.24. The van der Waals surface area contributed by atoms with E-state index in [1.165, 1.54) is 0 Å². The standard InChI is InChI=1S/C19H28N4O2/c1-13-7-14(2)21-11-17(13)12-22-18(24)15-8-16(10-20-9-15)19(25)23-5-3-4-6-23/h7,11,15-16,20H,3-6,8-10,12H2,1-2H3,(H,22,24)/t15-,16+/m1/s1. The molecule has 2 saturated heterocycles. The number of piperidine rings is 1. The molecule has 2 aliphatic rings. The molecular weight excluding hydrogens is 316 g/mol. The van der Waals surface area contributed by atoms with Gasteiger partial charge in [0.1, 0.15) is 0 Å². The number of hydrogen-bond donors (Lipinski definition) is 2. The minimum Gasteiger partial charge on any atom is -0.352 e. The third-order valence-corrected chi connectivity index (χ3v) is 5.30. The van der Waals surface area contributed by atoms with Crippen LogP contribution in [0.15, 0.2) is 12.3 Å². The topological polar surface area (TPSA) is 74.3 Å². The van der Waals surface area contributed by atoms with Gasteiger partial charge >= 0.3 is 0 Å². The second-order valence-electron chi connectivity index (χ2n) is 7.29. The monoisotopic (exact) mass is 344 g/mol. The van der Waals surface area contributed by atoms with Crippen molar-refractivity contribution in [3.8, 4) is 0 Å². The number of aryl methyl sites for hydroxylation is 2. The van der Waals surface area contributed by atoms with Crippen LogP contribution in [0, 0.1) is 25.7 Å². The highest BCUT2D eigenvalue weighted by molar-refractivity contribution is 5.83. The number of likely N-dealkylation sites (tertiary alicyclic amines) is 1. The minimum atomic E-state index is -0.149. The van der Waals surface area contributed by atoms with Crippen LogP contribution in [0.25, 0.3) is 0 Å². The predicted octanol–water partition coefficient (Wildman–Crippen LogP) is 1.16. The van der Waals surface area contributed by atoms with E-state index >= 15 is 0 Å². The zero-order valence-corrected chi connectivity index (χ0v) is 15.2. The van der Waals surface area contributed by atoms with Gasteiger partial charge < -0.3 is 15.5 Å². The van der Waals surface area contributed by atoms with E-state index in [4.69, 9.17) is 0 Å². The Bertz CT molecular complexity index is 640. The quantitative estimate of drug-likeness (QED) is 0.860. The lowest BCUT2D eigenvalue weighted by Crippen LogP contribution is -2.48. The SMILES string of the molecule is Cc1cc(C)c(CNC(=O)[C@H]2CNC[C@@H](C(=O)N3CCCC3)C2)cn1. The summed E-state index contributed by atoms with van der Waals surface area (Å²) in [7, 11) is 0. The van der Waals surface area contributed by atoms with Crippen molar-refractivity contribution in [1.29, 1.82) is 0 Å². The summed E-state index contributed by atoms with van der Waals surface area (Å²) < 4.78 is 0. The molecule has 6 heteroatoms. The first kappa shape index (κ1) is 17.9. The second kappa shape index (κ2) is 7.95. The van der Waals surface area contributed by atoms with E-state index < -0.39 is 0 Å². The molecular formula is C19H28N4O2. The van der Waals surface area contributed by atoms with Crippen LogP contribution in [0.1, 0.15) is 36.1 Å². The summed E-state index contributed by atoms with van der Waals surface area (Å²) in [6.07, 6.45) is 4.66. The number of nitrogens with one attached hydrogen (secondary N) is 2. The zero-order valence-electron chi connectivity index (χ0n) is 15.2. The van der Waals surface area contributed by atoms with Crippen molar-refractivity contribution < 1.29 is 9.59 Å². The van der Waals surface area contributed by atoms with Crippen LogP contribution in [0.3, 0.4) is 0 Å². The Morgan fingerprint density at radius 1 is 1.24 bits per heavy atom. The largest absolute Gasteiger partial charge is 0.352 e. The van der Waals surface area contributed by atoms with Crippen molar-refractivity contribution in [3.05, 3.63) is 29.1 Å². The third kappa shape index (κ3) is 4.37. The maximum Gasteiger partial charge on any atom is 0.226 e. The molecule has 0 unspecified atom stereocenters. The summed E-state index contributed by atoms with van der Waals surface area (Å²) in [5.41, 5.74) is 3.15. The van der Waals surface area contributed by atoms with Crippen LogP contribution < -0.4 is 10.6 Å². The number of amides is 2. The van der Waals surface area contributed by atoms with Gasteiger partial charge in [0.2, 0.25) is 11.8 Å². The predicted molar refractivity (Wildman–Crippen MR) is 95.8 cm³/mol. The highest BCUT2D eigenvalue weighted by atomic mass is 16.2. The van der Waals surface area contributed by atoms with Gasteiger partial charge in [-0.05, 0) is 50.3 Å². The fourth-order valence-corrected chi connectivity index (χ4v) is 3.76. The van der Waals surface area contributed by atoms with E-state index in [2.05, 4.69) is 15.6 Å². The molecule has 2 amide bonds. The Balaban J connectivity index is 1.53. The average molecular weight is 344 g/mol. The number of pyridine rings is 1. The number of carbonyl (C=O) groups excluding carboxylic acids is 2.